The van der Waals surface area contributed by atoms with E-state index in [9.17, 15) is 9.18 Å². The lowest BCUT2D eigenvalue weighted by Crippen LogP contribution is -2.29. The Labute approximate surface area is 124 Å². The van der Waals surface area contributed by atoms with E-state index < -0.39 is 0 Å². The molecule has 2 saturated carbocycles. The van der Waals surface area contributed by atoms with Crippen LogP contribution in [0.2, 0.25) is 0 Å². The number of nitrogens with one attached hydrogen (secondary N) is 1. The normalized spacial score (nSPS) is 27.2. The second kappa shape index (κ2) is 6.37. The van der Waals surface area contributed by atoms with Crippen LogP contribution in [0.25, 0.3) is 0 Å². The first kappa shape index (κ1) is 14.2. The van der Waals surface area contributed by atoms with E-state index in [0.717, 1.165) is 30.4 Å². The van der Waals surface area contributed by atoms with Crippen molar-refractivity contribution in [3.05, 3.63) is 35.6 Å². The smallest absolute Gasteiger partial charge is 0.267 e. The third-order valence-corrected chi connectivity index (χ3v) is 4.79. The first-order valence-electron chi connectivity index (χ1n) is 7.84. The van der Waals surface area contributed by atoms with Gasteiger partial charge in [-0.1, -0.05) is 19.3 Å². The van der Waals surface area contributed by atoms with Crippen molar-refractivity contribution in [2.75, 3.05) is 0 Å². The second-order valence-corrected chi connectivity index (χ2v) is 6.17. The summed E-state index contributed by atoms with van der Waals surface area (Å²) < 4.78 is 12.8. The van der Waals surface area contributed by atoms with Crippen LogP contribution in [-0.2, 0) is 0 Å². The summed E-state index contributed by atoms with van der Waals surface area (Å²) >= 11 is 0. The summed E-state index contributed by atoms with van der Waals surface area (Å²) in [7, 11) is 0. The zero-order valence-corrected chi connectivity index (χ0v) is 12.1. The van der Waals surface area contributed by atoms with E-state index in [-0.39, 0.29) is 11.7 Å². The Morgan fingerprint density at radius 1 is 1.10 bits per heavy atom. The van der Waals surface area contributed by atoms with E-state index in [0.29, 0.717) is 5.56 Å². The molecule has 1 aromatic rings. The van der Waals surface area contributed by atoms with Crippen molar-refractivity contribution >= 4 is 11.6 Å². The number of amides is 1. The Morgan fingerprint density at radius 2 is 1.81 bits per heavy atom. The molecule has 2 aliphatic rings. The largest absolute Gasteiger partial charge is 0.271 e. The minimum Gasteiger partial charge on any atom is -0.267 e. The van der Waals surface area contributed by atoms with E-state index >= 15 is 0 Å². The summed E-state index contributed by atoms with van der Waals surface area (Å²) in [5.74, 6) is 1.02. The molecule has 0 aliphatic heterocycles. The number of fused-ring (bicyclic) bond motifs is 1. The quantitative estimate of drug-likeness (QED) is 0.824. The van der Waals surface area contributed by atoms with Crippen LogP contribution in [0, 0.1) is 17.7 Å². The number of hydrazone groups is 1. The highest BCUT2D eigenvalue weighted by molar-refractivity contribution is 5.95. The molecule has 2 fully saturated rings. The highest BCUT2D eigenvalue weighted by atomic mass is 19.1. The summed E-state index contributed by atoms with van der Waals surface area (Å²) in [4.78, 5) is 11.9. The maximum Gasteiger partial charge on any atom is 0.271 e. The van der Waals surface area contributed by atoms with Gasteiger partial charge in [0.05, 0.1) is 0 Å². The molecule has 21 heavy (non-hydrogen) atoms. The lowest BCUT2D eigenvalue weighted by Gasteiger charge is -2.35. The Morgan fingerprint density at radius 3 is 2.57 bits per heavy atom. The fourth-order valence-electron chi connectivity index (χ4n) is 3.59. The van der Waals surface area contributed by atoms with Crippen LogP contribution in [0.1, 0.15) is 55.3 Å². The summed E-state index contributed by atoms with van der Waals surface area (Å²) in [5, 5.41) is 4.30. The number of nitrogens with zero attached hydrogens (tertiary/aromatic N) is 1. The zero-order chi connectivity index (χ0) is 14.7. The number of halogens is 1. The number of hydrogen-bond donors (Lipinski definition) is 1. The van der Waals surface area contributed by atoms with Crippen LogP contribution in [0.15, 0.2) is 29.4 Å². The maximum atomic E-state index is 12.8. The molecular weight excluding hydrogens is 267 g/mol. The minimum absolute atomic E-state index is 0.270. The van der Waals surface area contributed by atoms with Crippen molar-refractivity contribution in [3.63, 3.8) is 0 Å². The molecule has 3 rings (SSSR count). The van der Waals surface area contributed by atoms with Crippen LogP contribution in [0.3, 0.4) is 0 Å². The molecule has 0 aromatic heterocycles. The molecule has 0 bridgehead atoms. The van der Waals surface area contributed by atoms with Crippen molar-refractivity contribution in [1.82, 2.24) is 5.43 Å². The molecule has 1 aromatic carbocycles. The predicted octanol–water partition coefficient (Wildman–Crippen LogP) is 3.90. The van der Waals surface area contributed by atoms with E-state index in [1.54, 1.807) is 0 Å². The average molecular weight is 288 g/mol. The summed E-state index contributed by atoms with van der Waals surface area (Å²) in [6.45, 7) is 0. The van der Waals surface area contributed by atoms with Crippen molar-refractivity contribution in [2.45, 2.75) is 44.9 Å². The molecular formula is C17H21FN2O. The van der Waals surface area contributed by atoms with Crippen LogP contribution in [0.5, 0.6) is 0 Å². The molecule has 0 saturated heterocycles. The lowest BCUT2D eigenvalue weighted by molar-refractivity contribution is 0.0954. The van der Waals surface area contributed by atoms with E-state index in [4.69, 9.17) is 0 Å². The number of rotatable bonds is 2. The topological polar surface area (TPSA) is 41.5 Å². The Kier molecular flexibility index (Phi) is 4.32. The molecule has 0 heterocycles. The Hall–Kier alpha value is -1.71. The van der Waals surface area contributed by atoms with Gasteiger partial charge in [-0.15, -0.1) is 0 Å². The highest BCUT2D eigenvalue weighted by Gasteiger charge is 2.30. The first-order valence-corrected chi connectivity index (χ1v) is 7.84. The van der Waals surface area contributed by atoms with Gasteiger partial charge in [0.1, 0.15) is 5.82 Å². The monoisotopic (exact) mass is 288 g/mol. The van der Waals surface area contributed by atoms with Crippen molar-refractivity contribution in [3.8, 4) is 0 Å². The fraction of sp³-hybridized carbons (Fsp3) is 0.529. The third-order valence-electron chi connectivity index (χ3n) is 4.79. The molecule has 2 atom stereocenters. The molecule has 3 nitrogen and oxygen atoms in total. The standard InChI is InChI=1S/C17H21FN2O/c18-15-8-5-13(6-9-15)17(21)20-19-16-10-7-12-3-1-2-4-14(12)11-16/h5-6,8-9,12,14H,1-4,7,10-11H2,(H,20,21)/b19-16-/t12-,14-/m1/s1. The van der Waals surface area contributed by atoms with Gasteiger partial charge in [-0.05, 0) is 61.8 Å². The average Bonchev–Trinajstić information content (AvgIpc) is 2.53. The molecule has 0 spiro atoms. The second-order valence-electron chi connectivity index (χ2n) is 6.17. The van der Waals surface area contributed by atoms with Gasteiger partial charge in [0.25, 0.3) is 5.91 Å². The maximum absolute atomic E-state index is 12.8. The van der Waals surface area contributed by atoms with Crippen LogP contribution in [0.4, 0.5) is 4.39 Å². The molecule has 112 valence electrons. The van der Waals surface area contributed by atoms with Crippen LogP contribution in [-0.4, -0.2) is 11.6 Å². The van der Waals surface area contributed by atoms with E-state index in [2.05, 4.69) is 10.5 Å². The van der Waals surface area contributed by atoms with Crippen LogP contribution >= 0.6 is 0 Å². The van der Waals surface area contributed by atoms with Crippen LogP contribution < -0.4 is 5.43 Å². The van der Waals surface area contributed by atoms with Gasteiger partial charge in [0.2, 0.25) is 0 Å². The Balaban J connectivity index is 1.58. The molecule has 0 radical (unpaired) electrons. The molecule has 2 aliphatic carbocycles. The van der Waals surface area contributed by atoms with Gasteiger partial charge in [-0.3, -0.25) is 4.79 Å². The fourth-order valence-corrected chi connectivity index (χ4v) is 3.59. The molecule has 4 heteroatoms. The summed E-state index contributed by atoms with van der Waals surface area (Å²) in [5.41, 5.74) is 4.15. The molecule has 1 N–H and O–H groups in total. The number of hydrogen-bond acceptors (Lipinski definition) is 2. The summed E-state index contributed by atoms with van der Waals surface area (Å²) in [6.07, 6.45) is 8.58. The SMILES string of the molecule is O=C(N/N=C1/CC[C@H]2CCCC[C@@H]2C1)c1ccc(F)cc1. The van der Waals surface area contributed by atoms with Gasteiger partial charge < -0.3 is 0 Å². The molecule has 0 unspecified atom stereocenters. The van der Waals surface area contributed by atoms with E-state index in [1.807, 2.05) is 0 Å². The predicted molar refractivity (Wildman–Crippen MR) is 80.6 cm³/mol. The van der Waals surface area contributed by atoms with Gasteiger partial charge >= 0.3 is 0 Å². The van der Waals surface area contributed by atoms with Crippen molar-refractivity contribution < 1.29 is 9.18 Å². The Bertz CT molecular complexity index is 538. The highest BCUT2D eigenvalue weighted by Crippen LogP contribution is 2.39. The van der Waals surface area contributed by atoms with Crippen molar-refractivity contribution in [2.24, 2.45) is 16.9 Å². The molecule has 1 amide bonds. The van der Waals surface area contributed by atoms with Crippen molar-refractivity contribution in [1.29, 1.82) is 0 Å². The van der Waals surface area contributed by atoms with E-state index in [1.165, 1.54) is 56.4 Å². The zero-order valence-electron chi connectivity index (χ0n) is 12.1. The van der Waals surface area contributed by atoms with Gasteiger partial charge in [0.15, 0.2) is 0 Å². The number of carbonyl (C=O) groups is 1. The number of benzene rings is 1. The minimum atomic E-state index is -0.339. The lowest BCUT2D eigenvalue weighted by atomic mass is 9.70. The van der Waals surface area contributed by atoms with Gasteiger partial charge in [-0.2, -0.15) is 5.10 Å². The number of carbonyl (C=O) groups excluding carboxylic acids is 1. The first-order chi connectivity index (χ1) is 10.2. The van der Waals surface area contributed by atoms with Gasteiger partial charge in [0, 0.05) is 11.3 Å². The van der Waals surface area contributed by atoms with Gasteiger partial charge in [-0.25, -0.2) is 9.82 Å². The third kappa shape index (κ3) is 3.49. The summed E-state index contributed by atoms with van der Waals surface area (Å²) in [6, 6.07) is 5.52.